The lowest BCUT2D eigenvalue weighted by Gasteiger charge is -2.10. The van der Waals surface area contributed by atoms with Crippen molar-refractivity contribution < 1.29 is 14.6 Å². The monoisotopic (exact) mass is 279 g/mol. The molecule has 0 aliphatic rings. The number of aromatic carboxylic acids is 1. The molecule has 104 valence electrons. The van der Waals surface area contributed by atoms with Gasteiger partial charge >= 0.3 is 5.97 Å². The molecule has 0 aliphatic carbocycles. The van der Waals surface area contributed by atoms with Crippen LogP contribution >= 0.6 is 0 Å². The molecule has 4 heteroatoms. The largest absolute Gasteiger partial charge is 0.494 e. The number of aromatic nitrogens is 1. The van der Waals surface area contributed by atoms with E-state index in [1.54, 1.807) is 31.5 Å². The standard InChI is InChI=1S/C17H13NO3/c1-21-15-8-7-13(14-6-3-9-18-16(14)15)11-4-2-5-12(10-11)17(19)20/h2-10H,1H3,(H,19,20). The molecule has 21 heavy (non-hydrogen) atoms. The van der Waals surface area contributed by atoms with E-state index in [2.05, 4.69) is 4.98 Å². The zero-order valence-electron chi connectivity index (χ0n) is 11.4. The summed E-state index contributed by atoms with van der Waals surface area (Å²) in [5, 5.41) is 10.0. The Morgan fingerprint density at radius 3 is 2.76 bits per heavy atom. The van der Waals surface area contributed by atoms with E-state index in [4.69, 9.17) is 9.84 Å². The summed E-state index contributed by atoms with van der Waals surface area (Å²) in [5.41, 5.74) is 2.80. The maximum Gasteiger partial charge on any atom is 0.335 e. The van der Waals surface area contributed by atoms with Crippen LogP contribution in [0.3, 0.4) is 0 Å². The lowest BCUT2D eigenvalue weighted by atomic mass is 9.98. The molecule has 0 aliphatic heterocycles. The molecule has 0 radical (unpaired) electrons. The summed E-state index contributed by atoms with van der Waals surface area (Å²) in [5.74, 6) is -0.239. The number of carbonyl (C=O) groups is 1. The first kappa shape index (κ1) is 13.1. The van der Waals surface area contributed by atoms with Crippen molar-refractivity contribution in [1.29, 1.82) is 0 Å². The van der Waals surface area contributed by atoms with Gasteiger partial charge in [-0.2, -0.15) is 0 Å². The fraction of sp³-hybridized carbons (Fsp3) is 0.0588. The van der Waals surface area contributed by atoms with E-state index in [0.717, 1.165) is 22.0 Å². The van der Waals surface area contributed by atoms with Gasteiger partial charge in [0.2, 0.25) is 0 Å². The highest BCUT2D eigenvalue weighted by molar-refractivity contribution is 5.99. The molecule has 0 amide bonds. The molecule has 4 nitrogen and oxygen atoms in total. The maximum atomic E-state index is 11.1. The van der Waals surface area contributed by atoms with Crippen LogP contribution in [0.1, 0.15) is 10.4 Å². The zero-order valence-corrected chi connectivity index (χ0v) is 11.4. The molecular weight excluding hydrogens is 266 g/mol. The number of carboxylic acid groups (broad SMARTS) is 1. The predicted molar refractivity (Wildman–Crippen MR) is 80.7 cm³/mol. The van der Waals surface area contributed by atoms with Crippen LogP contribution in [0.2, 0.25) is 0 Å². The van der Waals surface area contributed by atoms with E-state index in [1.165, 1.54) is 0 Å². The number of methoxy groups -OCH3 is 1. The Balaban J connectivity index is 2.26. The Hall–Kier alpha value is -2.88. The summed E-state index contributed by atoms with van der Waals surface area (Å²) in [4.78, 5) is 15.5. The molecule has 3 rings (SSSR count). The lowest BCUT2D eigenvalue weighted by molar-refractivity contribution is 0.0697. The highest BCUT2D eigenvalue weighted by atomic mass is 16.5. The van der Waals surface area contributed by atoms with Crippen molar-refractivity contribution in [2.75, 3.05) is 7.11 Å². The number of rotatable bonds is 3. The highest BCUT2D eigenvalue weighted by Crippen LogP contribution is 2.33. The predicted octanol–water partition coefficient (Wildman–Crippen LogP) is 3.61. The van der Waals surface area contributed by atoms with E-state index >= 15 is 0 Å². The number of fused-ring (bicyclic) bond motifs is 1. The van der Waals surface area contributed by atoms with E-state index < -0.39 is 5.97 Å². The fourth-order valence-electron chi connectivity index (χ4n) is 2.38. The van der Waals surface area contributed by atoms with Crippen molar-refractivity contribution in [3.8, 4) is 16.9 Å². The van der Waals surface area contributed by atoms with E-state index in [-0.39, 0.29) is 5.56 Å². The van der Waals surface area contributed by atoms with Crippen molar-refractivity contribution in [1.82, 2.24) is 4.98 Å². The van der Waals surface area contributed by atoms with Crippen LogP contribution in [0.5, 0.6) is 5.75 Å². The van der Waals surface area contributed by atoms with Gasteiger partial charge in [-0.05, 0) is 41.5 Å². The van der Waals surface area contributed by atoms with Crippen LogP contribution in [-0.4, -0.2) is 23.2 Å². The smallest absolute Gasteiger partial charge is 0.335 e. The minimum atomic E-state index is -0.937. The summed E-state index contributed by atoms with van der Waals surface area (Å²) in [6.45, 7) is 0. The second-order valence-corrected chi connectivity index (χ2v) is 4.60. The van der Waals surface area contributed by atoms with E-state index in [0.29, 0.717) is 5.75 Å². The van der Waals surface area contributed by atoms with Crippen molar-refractivity contribution in [3.63, 3.8) is 0 Å². The van der Waals surface area contributed by atoms with Crippen LogP contribution in [0.25, 0.3) is 22.0 Å². The van der Waals surface area contributed by atoms with Crippen molar-refractivity contribution >= 4 is 16.9 Å². The molecule has 1 N–H and O–H groups in total. The van der Waals surface area contributed by atoms with Gasteiger partial charge in [0.1, 0.15) is 11.3 Å². The Labute approximate surface area is 121 Å². The number of ether oxygens (including phenoxy) is 1. The Kier molecular flexibility index (Phi) is 3.28. The average Bonchev–Trinajstić information content (AvgIpc) is 2.54. The van der Waals surface area contributed by atoms with Gasteiger partial charge in [-0.1, -0.05) is 18.2 Å². The van der Waals surface area contributed by atoms with Gasteiger partial charge < -0.3 is 9.84 Å². The molecule has 1 heterocycles. The zero-order chi connectivity index (χ0) is 14.8. The summed E-state index contributed by atoms with van der Waals surface area (Å²) in [6, 6.07) is 14.4. The van der Waals surface area contributed by atoms with Gasteiger partial charge in [-0.25, -0.2) is 4.79 Å². The number of pyridine rings is 1. The first-order valence-electron chi connectivity index (χ1n) is 6.46. The molecular formula is C17H13NO3. The molecule has 2 aromatic carbocycles. The highest BCUT2D eigenvalue weighted by Gasteiger charge is 2.10. The van der Waals surface area contributed by atoms with Gasteiger partial charge in [-0.15, -0.1) is 0 Å². The van der Waals surface area contributed by atoms with Crippen LogP contribution in [0, 0.1) is 0 Å². The van der Waals surface area contributed by atoms with Gasteiger partial charge in [-0.3, -0.25) is 4.98 Å². The summed E-state index contributed by atoms with van der Waals surface area (Å²) >= 11 is 0. The fourth-order valence-corrected chi connectivity index (χ4v) is 2.38. The number of hydrogen-bond donors (Lipinski definition) is 1. The maximum absolute atomic E-state index is 11.1. The third kappa shape index (κ3) is 2.31. The minimum Gasteiger partial charge on any atom is -0.494 e. The first-order chi connectivity index (χ1) is 10.2. The Morgan fingerprint density at radius 1 is 1.14 bits per heavy atom. The first-order valence-corrected chi connectivity index (χ1v) is 6.46. The molecule has 3 aromatic rings. The van der Waals surface area contributed by atoms with E-state index in [1.807, 2.05) is 30.3 Å². The molecule has 0 spiro atoms. The van der Waals surface area contributed by atoms with Crippen LogP contribution < -0.4 is 4.74 Å². The normalized spacial score (nSPS) is 10.5. The minimum absolute atomic E-state index is 0.264. The van der Waals surface area contributed by atoms with Gasteiger partial charge in [0.15, 0.2) is 0 Å². The van der Waals surface area contributed by atoms with Gasteiger partial charge in [0.05, 0.1) is 12.7 Å². The second-order valence-electron chi connectivity index (χ2n) is 4.60. The molecule has 0 saturated carbocycles. The number of carboxylic acids is 1. The van der Waals surface area contributed by atoms with Crippen molar-refractivity contribution in [3.05, 3.63) is 60.3 Å². The third-order valence-electron chi connectivity index (χ3n) is 3.37. The third-order valence-corrected chi connectivity index (χ3v) is 3.37. The Bertz CT molecular complexity index is 827. The summed E-state index contributed by atoms with van der Waals surface area (Å²) < 4.78 is 5.32. The quantitative estimate of drug-likeness (QED) is 0.795. The van der Waals surface area contributed by atoms with Gasteiger partial charge in [0, 0.05) is 11.6 Å². The molecule has 0 saturated heterocycles. The molecule has 0 atom stereocenters. The Morgan fingerprint density at radius 2 is 2.00 bits per heavy atom. The average molecular weight is 279 g/mol. The van der Waals surface area contributed by atoms with Crippen molar-refractivity contribution in [2.45, 2.75) is 0 Å². The summed E-state index contributed by atoms with van der Waals surface area (Å²) in [7, 11) is 1.61. The molecule has 1 aromatic heterocycles. The number of benzene rings is 2. The number of nitrogens with zero attached hydrogens (tertiary/aromatic N) is 1. The number of hydrogen-bond acceptors (Lipinski definition) is 3. The topological polar surface area (TPSA) is 59.4 Å². The second kappa shape index (κ2) is 5.25. The molecule has 0 fully saturated rings. The van der Waals surface area contributed by atoms with Gasteiger partial charge in [0.25, 0.3) is 0 Å². The molecule has 0 bridgehead atoms. The van der Waals surface area contributed by atoms with E-state index in [9.17, 15) is 4.79 Å². The molecule has 0 unspecified atom stereocenters. The van der Waals surface area contributed by atoms with Crippen LogP contribution in [0.4, 0.5) is 0 Å². The lowest BCUT2D eigenvalue weighted by Crippen LogP contribution is -1.96. The van der Waals surface area contributed by atoms with Crippen LogP contribution in [-0.2, 0) is 0 Å². The summed E-state index contributed by atoms with van der Waals surface area (Å²) in [6.07, 6.45) is 1.71. The van der Waals surface area contributed by atoms with Crippen LogP contribution in [0.15, 0.2) is 54.7 Å². The SMILES string of the molecule is COc1ccc(-c2cccc(C(=O)O)c2)c2cccnc12. The van der Waals surface area contributed by atoms with Crippen molar-refractivity contribution in [2.24, 2.45) is 0 Å².